The van der Waals surface area contributed by atoms with E-state index in [1.54, 1.807) is 42.5 Å². The monoisotopic (exact) mass is 642 g/mol. The molecule has 34 heavy (non-hydrogen) atoms. The maximum absolute atomic E-state index is 13.2. The molecule has 172 valence electrons. The summed E-state index contributed by atoms with van der Waals surface area (Å²) in [6.45, 7) is 0.376. The molecule has 0 bridgehead atoms. The van der Waals surface area contributed by atoms with Gasteiger partial charge in [0.25, 0.3) is 11.8 Å². The molecule has 0 radical (unpaired) electrons. The lowest BCUT2D eigenvalue weighted by atomic mass is 10.1. The summed E-state index contributed by atoms with van der Waals surface area (Å²) in [5.41, 5.74) is 1.82. The summed E-state index contributed by atoms with van der Waals surface area (Å²) >= 11 is 25.6. The summed E-state index contributed by atoms with van der Waals surface area (Å²) < 4.78 is 6.71. The van der Waals surface area contributed by atoms with Crippen LogP contribution in [-0.4, -0.2) is 16.9 Å². The van der Waals surface area contributed by atoms with Crippen molar-refractivity contribution in [2.24, 2.45) is 0 Å². The normalized spacial score (nSPS) is 15.0. The predicted octanol–water partition coefficient (Wildman–Crippen LogP) is 6.66. The molecule has 1 aliphatic heterocycles. The number of anilines is 1. The summed E-state index contributed by atoms with van der Waals surface area (Å²) in [5.74, 6) is -0.524. The highest BCUT2D eigenvalue weighted by Crippen LogP contribution is 2.34. The van der Waals surface area contributed by atoms with Crippen LogP contribution in [0.3, 0.4) is 0 Å². The molecule has 0 aromatic heterocycles. The van der Waals surface area contributed by atoms with E-state index in [2.05, 4.69) is 27.9 Å². The lowest BCUT2D eigenvalue weighted by Gasteiger charge is -2.29. The van der Waals surface area contributed by atoms with Crippen molar-refractivity contribution in [3.8, 4) is 5.75 Å². The molecule has 10 heteroatoms. The van der Waals surface area contributed by atoms with Crippen LogP contribution in [-0.2, 0) is 16.2 Å². The number of ether oxygens (including phenoxy) is 1. The number of hydrogen-bond acceptors (Lipinski definition) is 4. The van der Waals surface area contributed by atoms with Gasteiger partial charge in [-0.2, -0.15) is 0 Å². The van der Waals surface area contributed by atoms with E-state index in [-0.39, 0.29) is 26.4 Å². The molecule has 0 saturated carbocycles. The summed E-state index contributed by atoms with van der Waals surface area (Å²) in [5, 5.41) is 3.55. The van der Waals surface area contributed by atoms with E-state index in [9.17, 15) is 9.59 Å². The number of nitrogens with one attached hydrogen (secondary N) is 1. The van der Waals surface area contributed by atoms with Crippen molar-refractivity contribution in [3.63, 3.8) is 0 Å². The maximum atomic E-state index is 13.2. The Morgan fingerprint density at radius 3 is 2.47 bits per heavy atom. The molecule has 0 spiro atoms. The van der Waals surface area contributed by atoms with Gasteiger partial charge in [0.2, 0.25) is 0 Å². The molecular weight excluding hydrogens is 630 g/mol. The first-order chi connectivity index (χ1) is 16.2. The molecule has 1 fully saturated rings. The summed E-state index contributed by atoms with van der Waals surface area (Å²) in [7, 11) is 0. The molecule has 1 aliphatic rings. The van der Waals surface area contributed by atoms with Crippen molar-refractivity contribution in [2.45, 2.75) is 6.61 Å². The summed E-state index contributed by atoms with van der Waals surface area (Å²) in [4.78, 5) is 27.0. The second-order valence-corrected chi connectivity index (χ2v) is 9.91. The number of rotatable bonds is 5. The lowest BCUT2D eigenvalue weighted by molar-refractivity contribution is -0.122. The standard InChI is InChI=1S/C24H14Cl3IN2O3S/c25-15-7-4-13(5-8-15)12-33-20-9-6-14(11-18(20)28)10-16-22(31)29-24(34)30(23(16)32)19-3-1-2-17(26)21(19)27/h1-11H,12H2,(H,29,31,34)/b16-10+. The number of carbonyl (C=O) groups excluding carboxylic acids is 2. The van der Waals surface area contributed by atoms with Crippen LogP contribution >= 0.6 is 69.6 Å². The second kappa shape index (κ2) is 10.6. The average molecular weight is 644 g/mol. The van der Waals surface area contributed by atoms with Gasteiger partial charge in [-0.25, -0.2) is 0 Å². The van der Waals surface area contributed by atoms with Gasteiger partial charge in [0, 0.05) is 5.02 Å². The number of hydrogen-bond donors (Lipinski definition) is 1. The van der Waals surface area contributed by atoms with E-state index >= 15 is 0 Å². The highest BCUT2D eigenvalue weighted by Gasteiger charge is 2.35. The lowest BCUT2D eigenvalue weighted by Crippen LogP contribution is -2.54. The van der Waals surface area contributed by atoms with Gasteiger partial charge in [-0.1, -0.05) is 59.1 Å². The highest BCUT2D eigenvalue weighted by molar-refractivity contribution is 14.1. The van der Waals surface area contributed by atoms with Crippen LogP contribution in [0, 0.1) is 3.57 Å². The van der Waals surface area contributed by atoms with Crippen LogP contribution in [0.15, 0.2) is 66.2 Å². The molecule has 0 unspecified atom stereocenters. The average Bonchev–Trinajstić information content (AvgIpc) is 2.80. The quantitative estimate of drug-likeness (QED) is 0.146. The van der Waals surface area contributed by atoms with Gasteiger partial charge in [-0.3, -0.25) is 19.8 Å². The Morgan fingerprint density at radius 2 is 1.76 bits per heavy atom. The van der Waals surface area contributed by atoms with Crippen molar-refractivity contribution in [2.75, 3.05) is 4.90 Å². The number of carbonyl (C=O) groups is 2. The zero-order chi connectivity index (χ0) is 24.4. The fourth-order valence-electron chi connectivity index (χ4n) is 3.17. The topological polar surface area (TPSA) is 58.6 Å². The fraction of sp³-hybridized carbons (Fsp3) is 0.0417. The van der Waals surface area contributed by atoms with Crippen LogP contribution in [0.25, 0.3) is 6.08 Å². The van der Waals surface area contributed by atoms with Crippen LogP contribution in [0.5, 0.6) is 5.75 Å². The van der Waals surface area contributed by atoms with Crippen LogP contribution in [0.1, 0.15) is 11.1 Å². The number of amides is 2. The Hall–Kier alpha value is -2.17. The first kappa shape index (κ1) is 24.9. The van der Waals surface area contributed by atoms with E-state index in [0.29, 0.717) is 22.9 Å². The molecule has 3 aromatic carbocycles. The minimum Gasteiger partial charge on any atom is -0.488 e. The van der Waals surface area contributed by atoms with Gasteiger partial charge in [0.05, 0.1) is 19.3 Å². The minimum atomic E-state index is -0.601. The van der Waals surface area contributed by atoms with Gasteiger partial charge in [-0.05, 0) is 88.4 Å². The molecular formula is C24H14Cl3IN2O3S. The largest absolute Gasteiger partial charge is 0.488 e. The molecule has 1 heterocycles. The van der Waals surface area contributed by atoms with Gasteiger partial charge in [0.1, 0.15) is 17.9 Å². The van der Waals surface area contributed by atoms with E-state index in [1.807, 2.05) is 18.2 Å². The number of halogens is 4. The van der Waals surface area contributed by atoms with Gasteiger partial charge < -0.3 is 4.74 Å². The first-order valence-electron chi connectivity index (χ1n) is 9.77. The SMILES string of the molecule is O=C1NC(=S)N(c2cccc(Cl)c2Cl)C(=O)/C1=C/c1ccc(OCc2ccc(Cl)cc2)c(I)c1. The Balaban J connectivity index is 1.58. The minimum absolute atomic E-state index is 0.0724. The van der Waals surface area contributed by atoms with Crippen LogP contribution in [0.4, 0.5) is 5.69 Å². The molecule has 3 aromatic rings. The molecule has 4 rings (SSSR count). The zero-order valence-corrected chi connectivity index (χ0v) is 22.4. The van der Waals surface area contributed by atoms with E-state index in [4.69, 9.17) is 51.8 Å². The van der Waals surface area contributed by atoms with Crippen molar-refractivity contribution >= 4 is 98.3 Å². The molecule has 2 amide bonds. The maximum Gasteiger partial charge on any atom is 0.270 e. The molecule has 1 N–H and O–H groups in total. The van der Waals surface area contributed by atoms with Crippen LogP contribution in [0.2, 0.25) is 15.1 Å². The van der Waals surface area contributed by atoms with E-state index < -0.39 is 11.8 Å². The third-order valence-corrected chi connectivity index (χ3v) is 7.04. The Morgan fingerprint density at radius 1 is 1.03 bits per heavy atom. The summed E-state index contributed by atoms with van der Waals surface area (Å²) in [6.07, 6.45) is 1.50. The molecule has 0 aliphatic carbocycles. The van der Waals surface area contributed by atoms with Crippen molar-refractivity contribution in [1.29, 1.82) is 0 Å². The zero-order valence-electron chi connectivity index (χ0n) is 17.2. The van der Waals surface area contributed by atoms with Gasteiger partial charge >= 0.3 is 0 Å². The predicted molar refractivity (Wildman–Crippen MR) is 148 cm³/mol. The number of nitrogens with zero attached hydrogens (tertiary/aromatic N) is 1. The smallest absolute Gasteiger partial charge is 0.270 e. The fourth-order valence-corrected chi connectivity index (χ4v) is 4.65. The van der Waals surface area contributed by atoms with E-state index in [1.165, 1.54) is 6.08 Å². The second-order valence-electron chi connectivity index (χ2n) is 7.14. The van der Waals surface area contributed by atoms with Gasteiger partial charge in [-0.15, -0.1) is 0 Å². The first-order valence-corrected chi connectivity index (χ1v) is 12.4. The third kappa shape index (κ3) is 5.39. The summed E-state index contributed by atoms with van der Waals surface area (Å²) in [6, 6.07) is 17.6. The molecule has 5 nitrogen and oxygen atoms in total. The van der Waals surface area contributed by atoms with Crippen molar-refractivity contribution in [3.05, 3.63) is 96.0 Å². The Labute approximate surface area is 229 Å². The third-order valence-electron chi connectivity index (χ3n) is 4.85. The number of benzene rings is 3. The van der Waals surface area contributed by atoms with Crippen molar-refractivity contribution in [1.82, 2.24) is 5.32 Å². The van der Waals surface area contributed by atoms with Gasteiger partial charge in [0.15, 0.2) is 5.11 Å². The molecule has 1 saturated heterocycles. The molecule has 0 atom stereocenters. The highest BCUT2D eigenvalue weighted by atomic mass is 127. The Bertz CT molecular complexity index is 1350. The number of thiocarbonyl (C=S) groups is 1. The Kier molecular flexibility index (Phi) is 7.79. The van der Waals surface area contributed by atoms with Crippen molar-refractivity contribution < 1.29 is 14.3 Å². The van der Waals surface area contributed by atoms with Crippen LogP contribution < -0.4 is 15.0 Å². The van der Waals surface area contributed by atoms with E-state index in [0.717, 1.165) is 14.0 Å².